The first-order chi connectivity index (χ1) is 14.2. The standard InChI is InChI=1S/C25H25NO3/c1-3-29-22-16-14-19(18-23(22)28-2)15-17-24(27)26-25(20-10-6-4-7-11-20)21-12-8-5-9-13-21/h4-18,25H,3H2,1-2H3,(H,26,27). The molecule has 0 spiro atoms. The van der Waals surface area contributed by atoms with Crippen LogP contribution in [0.2, 0.25) is 0 Å². The van der Waals surface area contributed by atoms with E-state index < -0.39 is 0 Å². The van der Waals surface area contributed by atoms with Crippen molar-refractivity contribution in [3.05, 3.63) is 102 Å². The first-order valence-electron chi connectivity index (χ1n) is 9.60. The van der Waals surface area contributed by atoms with Crippen LogP contribution in [0.5, 0.6) is 11.5 Å². The third-order valence-electron chi connectivity index (χ3n) is 4.47. The smallest absolute Gasteiger partial charge is 0.244 e. The molecular weight excluding hydrogens is 362 g/mol. The molecule has 4 heteroatoms. The van der Waals surface area contributed by atoms with Crippen LogP contribution in [0.1, 0.15) is 29.7 Å². The predicted molar refractivity (Wildman–Crippen MR) is 116 cm³/mol. The van der Waals surface area contributed by atoms with Gasteiger partial charge in [-0.05, 0) is 41.8 Å². The summed E-state index contributed by atoms with van der Waals surface area (Å²) in [5.74, 6) is 1.15. The van der Waals surface area contributed by atoms with E-state index in [1.165, 1.54) is 6.08 Å². The van der Waals surface area contributed by atoms with Gasteiger partial charge in [0.15, 0.2) is 11.5 Å². The van der Waals surface area contributed by atoms with E-state index in [0.717, 1.165) is 16.7 Å². The van der Waals surface area contributed by atoms with Gasteiger partial charge in [-0.1, -0.05) is 66.7 Å². The summed E-state index contributed by atoms with van der Waals surface area (Å²) in [5, 5.41) is 3.10. The molecule has 0 aliphatic heterocycles. The van der Waals surface area contributed by atoms with Crippen LogP contribution in [-0.4, -0.2) is 19.6 Å². The Labute approximate surface area is 171 Å². The van der Waals surface area contributed by atoms with E-state index in [4.69, 9.17) is 9.47 Å². The lowest BCUT2D eigenvalue weighted by Gasteiger charge is -2.19. The molecule has 0 heterocycles. The van der Waals surface area contributed by atoms with Gasteiger partial charge in [0.25, 0.3) is 0 Å². The van der Waals surface area contributed by atoms with Gasteiger partial charge in [0.1, 0.15) is 0 Å². The SMILES string of the molecule is CCOc1ccc(C=CC(=O)NC(c2ccccc2)c2ccccc2)cc1OC. The minimum absolute atomic E-state index is 0.171. The van der Waals surface area contributed by atoms with Gasteiger partial charge < -0.3 is 14.8 Å². The molecule has 0 unspecified atom stereocenters. The number of rotatable bonds is 8. The summed E-state index contributed by atoms with van der Waals surface area (Å²) >= 11 is 0. The zero-order chi connectivity index (χ0) is 20.5. The van der Waals surface area contributed by atoms with E-state index in [1.54, 1.807) is 13.2 Å². The number of methoxy groups -OCH3 is 1. The highest BCUT2D eigenvalue weighted by Gasteiger charge is 2.15. The van der Waals surface area contributed by atoms with Gasteiger partial charge in [-0.25, -0.2) is 0 Å². The Morgan fingerprint density at radius 3 is 2.10 bits per heavy atom. The number of benzene rings is 3. The molecule has 148 valence electrons. The van der Waals surface area contributed by atoms with Gasteiger partial charge in [0, 0.05) is 6.08 Å². The van der Waals surface area contributed by atoms with Gasteiger partial charge in [0.2, 0.25) is 5.91 Å². The Morgan fingerprint density at radius 2 is 1.55 bits per heavy atom. The third kappa shape index (κ3) is 5.48. The number of nitrogens with one attached hydrogen (secondary N) is 1. The second-order valence-corrected chi connectivity index (χ2v) is 6.44. The average Bonchev–Trinajstić information content (AvgIpc) is 2.78. The largest absolute Gasteiger partial charge is 0.493 e. The predicted octanol–water partition coefficient (Wildman–Crippen LogP) is 5.01. The van der Waals surface area contributed by atoms with Crippen molar-refractivity contribution in [2.45, 2.75) is 13.0 Å². The minimum Gasteiger partial charge on any atom is -0.493 e. The molecule has 0 atom stereocenters. The van der Waals surface area contributed by atoms with Crippen molar-refractivity contribution in [3.63, 3.8) is 0 Å². The van der Waals surface area contributed by atoms with Crippen LogP contribution in [0, 0.1) is 0 Å². The molecule has 1 amide bonds. The molecule has 3 rings (SSSR count). The second-order valence-electron chi connectivity index (χ2n) is 6.44. The van der Waals surface area contributed by atoms with Gasteiger partial charge >= 0.3 is 0 Å². The molecule has 29 heavy (non-hydrogen) atoms. The topological polar surface area (TPSA) is 47.6 Å². The van der Waals surface area contributed by atoms with Gasteiger partial charge in [-0.3, -0.25) is 4.79 Å². The first-order valence-corrected chi connectivity index (χ1v) is 9.60. The molecule has 0 bridgehead atoms. The van der Waals surface area contributed by atoms with Crippen LogP contribution in [0.4, 0.5) is 0 Å². The van der Waals surface area contributed by atoms with Crippen molar-refractivity contribution in [1.29, 1.82) is 0 Å². The molecule has 0 saturated heterocycles. The Kier molecular flexibility index (Phi) is 7.06. The number of ether oxygens (including phenoxy) is 2. The summed E-state index contributed by atoms with van der Waals surface area (Å²) in [6.07, 6.45) is 3.30. The fraction of sp³-hybridized carbons (Fsp3) is 0.160. The third-order valence-corrected chi connectivity index (χ3v) is 4.47. The van der Waals surface area contributed by atoms with E-state index in [1.807, 2.05) is 85.8 Å². The molecule has 0 aromatic heterocycles. The highest BCUT2D eigenvalue weighted by atomic mass is 16.5. The summed E-state index contributed by atoms with van der Waals surface area (Å²) in [6.45, 7) is 2.49. The number of hydrogen-bond acceptors (Lipinski definition) is 3. The maximum Gasteiger partial charge on any atom is 0.244 e. The second kappa shape index (κ2) is 10.1. The lowest BCUT2D eigenvalue weighted by Crippen LogP contribution is -2.27. The molecule has 3 aromatic carbocycles. The lowest BCUT2D eigenvalue weighted by molar-refractivity contribution is -0.116. The Morgan fingerprint density at radius 1 is 0.931 bits per heavy atom. The Hall–Kier alpha value is -3.53. The molecule has 0 aliphatic rings. The molecule has 0 fully saturated rings. The molecule has 1 N–H and O–H groups in total. The van der Waals surface area contributed by atoms with Crippen molar-refractivity contribution >= 4 is 12.0 Å². The van der Waals surface area contributed by atoms with Gasteiger partial charge in [0.05, 0.1) is 19.8 Å². The molecular formula is C25H25NO3. The zero-order valence-electron chi connectivity index (χ0n) is 16.7. The highest BCUT2D eigenvalue weighted by Crippen LogP contribution is 2.28. The average molecular weight is 387 g/mol. The maximum absolute atomic E-state index is 12.6. The fourth-order valence-corrected chi connectivity index (χ4v) is 3.07. The van der Waals surface area contributed by atoms with Crippen molar-refractivity contribution in [3.8, 4) is 11.5 Å². The summed E-state index contributed by atoms with van der Waals surface area (Å²) in [6, 6.07) is 25.2. The summed E-state index contributed by atoms with van der Waals surface area (Å²) in [4.78, 5) is 12.6. The quantitative estimate of drug-likeness (QED) is 0.553. The lowest BCUT2D eigenvalue weighted by atomic mass is 9.98. The van der Waals surface area contributed by atoms with E-state index >= 15 is 0 Å². The Balaban J connectivity index is 1.77. The maximum atomic E-state index is 12.6. The molecule has 4 nitrogen and oxygen atoms in total. The molecule has 0 radical (unpaired) electrons. The first kappa shape index (κ1) is 20.2. The number of hydrogen-bond donors (Lipinski definition) is 1. The van der Waals surface area contributed by atoms with Gasteiger partial charge in [-0.2, -0.15) is 0 Å². The van der Waals surface area contributed by atoms with Crippen molar-refractivity contribution in [2.75, 3.05) is 13.7 Å². The molecule has 0 aliphatic carbocycles. The van der Waals surface area contributed by atoms with Crippen LogP contribution in [-0.2, 0) is 4.79 Å². The summed E-state index contributed by atoms with van der Waals surface area (Å²) in [5.41, 5.74) is 2.92. The molecule has 0 saturated carbocycles. The van der Waals surface area contributed by atoms with Crippen LogP contribution in [0.25, 0.3) is 6.08 Å². The Bertz CT molecular complexity index is 913. The number of amides is 1. The van der Waals surface area contributed by atoms with Crippen molar-refractivity contribution in [2.24, 2.45) is 0 Å². The number of carbonyl (C=O) groups is 1. The van der Waals surface area contributed by atoms with Crippen molar-refractivity contribution in [1.82, 2.24) is 5.32 Å². The van der Waals surface area contributed by atoms with Crippen molar-refractivity contribution < 1.29 is 14.3 Å². The fourth-order valence-electron chi connectivity index (χ4n) is 3.07. The van der Waals surface area contributed by atoms with Crippen LogP contribution in [0.15, 0.2) is 84.9 Å². The van der Waals surface area contributed by atoms with Gasteiger partial charge in [-0.15, -0.1) is 0 Å². The monoisotopic (exact) mass is 387 g/mol. The van der Waals surface area contributed by atoms with E-state index in [0.29, 0.717) is 18.1 Å². The number of carbonyl (C=O) groups excluding carboxylic acids is 1. The summed E-state index contributed by atoms with van der Waals surface area (Å²) in [7, 11) is 1.60. The van der Waals surface area contributed by atoms with Crippen LogP contribution >= 0.6 is 0 Å². The highest BCUT2D eigenvalue weighted by molar-refractivity contribution is 5.92. The normalized spacial score (nSPS) is 10.9. The van der Waals surface area contributed by atoms with E-state index in [-0.39, 0.29) is 11.9 Å². The zero-order valence-corrected chi connectivity index (χ0v) is 16.7. The van der Waals surface area contributed by atoms with E-state index in [2.05, 4.69) is 5.32 Å². The van der Waals surface area contributed by atoms with Crippen LogP contribution < -0.4 is 14.8 Å². The minimum atomic E-state index is -0.218. The van der Waals surface area contributed by atoms with E-state index in [9.17, 15) is 4.79 Å². The summed E-state index contributed by atoms with van der Waals surface area (Å²) < 4.78 is 10.9. The molecule has 3 aromatic rings. The van der Waals surface area contributed by atoms with Crippen LogP contribution in [0.3, 0.4) is 0 Å².